The quantitative estimate of drug-likeness (QED) is 0.709. The Labute approximate surface area is 180 Å². The summed E-state index contributed by atoms with van der Waals surface area (Å²) in [6.45, 7) is 7.05. The van der Waals surface area contributed by atoms with Crippen molar-refractivity contribution < 1.29 is 21.5 Å². The van der Waals surface area contributed by atoms with E-state index in [4.69, 9.17) is 11.6 Å². The monoisotopic (exact) mass is 402 g/mol. The first-order valence-electron chi connectivity index (χ1n) is 12.3. The summed E-state index contributed by atoms with van der Waals surface area (Å²) in [7, 11) is 0. The molecule has 1 amide bonds. The van der Waals surface area contributed by atoms with Gasteiger partial charge in [0.15, 0.2) is 0 Å². The number of para-hydroxylation sites is 2. The minimum atomic E-state index is -0.892. The van der Waals surface area contributed by atoms with Gasteiger partial charge in [0, 0.05) is 38.4 Å². The van der Waals surface area contributed by atoms with Crippen molar-refractivity contribution in [3.05, 3.63) is 59.5 Å². The number of aliphatic hydroxyl groups excluding tert-OH is 1. The number of β-amino-alcohol motifs (C(OH)–C–C–N with tert-alkyl or cyclic N) is 1. The van der Waals surface area contributed by atoms with E-state index >= 15 is 0 Å². The summed E-state index contributed by atoms with van der Waals surface area (Å²) >= 11 is 0. The Morgan fingerprint density at radius 1 is 1.14 bits per heavy atom. The number of rotatable bonds is 8. The van der Waals surface area contributed by atoms with E-state index in [0.29, 0.717) is 39.3 Å². The highest BCUT2D eigenvalue weighted by Crippen LogP contribution is 2.19. The molecule has 1 atom stereocenters. The first kappa shape index (κ1) is 15.4. The number of carbonyl (C=O) groups excluding carboxylic acids is 1. The summed E-state index contributed by atoms with van der Waals surface area (Å²) in [5.41, 5.74) is 2.91. The molecule has 6 heteroatoms. The van der Waals surface area contributed by atoms with E-state index in [1.54, 1.807) is 0 Å². The lowest BCUT2D eigenvalue weighted by Gasteiger charge is -2.35. The second-order valence-corrected chi connectivity index (χ2v) is 7.31. The van der Waals surface area contributed by atoms with Gasteiger partial charge in [-0.2, -0.15) is 0 Å². The molecule has 1 unspecified atom stereocenters. The molecule has 2 aromatic carbocycles. The molecule has 1 aliphatic rings. The smallest absolute Gasteiger partial charge is 0.238 e. The van der Waals surface area contributed by atoms with Gasteiger partial charge < -0.3 is 15.2 Å². The van der Waals surface area contributed by atoms with Crippen molar-refractivity contribution in [1.29, 1.82) is 0 Å². The lowest BCUT2D eigenvalue weighted by Crippen LogP contribution is -2.50. The van der Waals surface area contributed by atoms with E-state index < -0.39 is 36.3 Å². The molecule has 0 spiro atoms. The van der Waals surface area contributed by atoms with E-state index in [1.165, 1.54) is 0 Å². The van der Waals surface area contributed by atoms with Gasteiger partial charge in [-0.25, -0.2) is 0 Å². The lowest BCUT2D eigenvalue weighted by molar-refractivity contribution is -0.117. The van der Waals surface area contributed by atoms with Crippen LogP contribution in [0.25, 0.3) is 0 Å². The molecule has 2 aromatic rings. The van der Waals surface area contributed by atoms with E-state index in [1.807, 2.05) is 32.0 Å². The average molecular weight is 403 g/mol. The first-order chi connectivity index (χ1) is 16.1. The number of aryl methyl sites for hydroxylation is 2. The van der Waals surface area contributed by atoms with E-state index in [-0.39, 0.29) is 18.3 Å². The highest BCUT2D eigenvalue weighted by molar-refractivity contribution is 5.93. The topological polar surface area (TPSA) is 65.0 Å². The largest absolute Gasteiger partial charge is 0.491 e. The molecule has 1 aliphatic heterocycles. The fourth-order valence-corrected chi connectivity index (χ4v) is 3.36. The zero-order chi connectivity index (χ0) is 25.0. The van der Waals surface area contributed by atoms with Crippen molar-refractivity contribution in [2.75, 3.05) is 51.2 Å². The second-order valence-electron chi connectivity index (χ2n) is 7.31. The number of ether oxygens (including phenoxy) is 1. The molecule has 3 rings (SSSR count). The zero-order valence-electron chi connectivity index (χ0n) is 21.9. The number of nitrogens with zero attached hydrogens (tertiary/aromatic N) is 2. The van der Waals surface area contributed by atoms with Gasteiger partial charge >= 0.3 is 0 Å². The Hall–Kier alpha value is -2.41. The number of piperazine rings is 1. The van der Waals surface area contributed by atoms with Crippen molar-refractivity contribution in [3.8, 4) is 5.75 Å². The van der Waals surface area contributed by atoms with E-state index in [2.05, 4.69) is 15.1 Å². The van der Waals surface area contributed by atoms with Crippen molar-refractivity contribution in [2.24, 2.45) is 0 Å². The molecule has 156 valence electrons. The molecule has 0 saturated carbocycles. The van der Waals surface area contributed by atoms with Crippen molar-refractivity contribution in [1.82, 2.24) is 9.80 Å². The number of carbonyl (C=O) groups is 1. The summed E-state index contributed by atoms with van der Waals surface area (Å²) in [6.07, 6.45) is -0.892. The maximum Gasteiger partial charge on any atom is 0.238 e. The van der Waals surface area contributed by atoms with Gasteiger partial charge in [0.1, 0.15) is 18.5 Å². The van der Waals surface area contributed by atoms with Gasteiger partial charge in [-0.05, 0) is 37.1 Å². The molecular weight excluding hydrogens is 366 g/mol. The van der Waals surface area contributed by atoms with Crippen molar-refractivity contribution in [2.45, 2.75) is 20.0 Å². The summed E-state index contributed by atoms with van der Waals surface area (Å²) in [5.74, 6) is -0.317. The Bertz CT molecular complexity index is 996. The van der Waals surface area contributed by atoms with Gasteiger partial charge in [-0.3, -0.25) is 14.6 Å². The second kappa shape index (κ2) is 10.4. The molecule has 1 fully saturated rings. The van der Waals surface area contributed by atoms with Crippen LogP contribution in [-0.2, 0) is 4.79 Å². The summed E-state index contributed by atoms with van der Waals surface area (Å²) < 4.78 is 44.1. The Balaban J connectivity index is 1.44. The maximum absolute atomic E-state index is 12.5. The van der Waals surface area contributed by atoms with Crippen LogP contribution in [0.5, 0.6) is 5.75 Å². The Kier molecular flexibility index (Phi) is 5.53. The highest BCUT2D eigenvalue weighted by Gasteiger charge is 2.21. The highest BCUT2D eigenvalue weighted by atomic mass is 16.5. The van der Waals surface area contributed by atoms with Crippen LogP contribution >= 0.6 is 0 Å². The minimum absolute atomic E-state index is 0.0575. The number of hydrogen-bond donors (Lipinski definition) is 2. The average Bonchev–Trinajstić information content (AvgIpc) is 2.80. The standard InChI is InChI=1S/C23H31N3O3/c1-18-7-6-8-19(2)23(18)24-22(28)16-26-13-11-25(12-14-26)15-20(27)17-29-21-9-4-3-5-10-21/h3-10,20,27H,11-17H2,1-2H3,(H,24,28)/i3D,4D,5D,9D,10D. The van der Waals surface area contributed by atoms with Gasteiger partial charge in [0.05, 0.1) is 13.4 Å². The SMILES string of the molecule is [2H]c1c([2H])c([2H])c(OCC(O)CN2CCN(CC(=O)Nc3c(C)cccc3C)CC2)c([2H])c1[2H]. The number of benzene rings is 2. The molecule has 2 N–H and O–H groups in total. The van der Waals surface area contributed by atoms with Crippen molar-refractivity contribution >= 4 is 11.6 Å². The Morgan fingerprint density at radius 3 is 2.41 bits per heavy atom. The third-order valence-electron chi connectivity index (χ3n) is 4.94. The molecule has 0 radical (unpaired) electrons. The summed E-state index contributed by atoms with van der Waals surface area (Å²) in [4.78, 5) is 16.6. The van der Waals surface area contributed by atoms with Crippen LogP contribution in [0.2, 0.25) is 0 Å². The lowest BCUT2D eigenvalue weighted by atomic mass is 10.1. The fourth-order valence-electron chi connectivity index (χ4n) is 3.36. The number of amides is 1. The summed E-state index contributed by atoms with van der Waals surface area (Å²) in [6, 6.07) is 3.62. The predicted octanol–water partition coefficient (Wildman–Crippen LogP) is 2.30. The van der Waals surface area contributed by atoms with Crippen LogP contribution in [0.15, 0.2) is 48.4 Å². The maximum atomic E-state index is 12.5. The van der Waals surface area contributed by atoms with Gasteiger partial charge in [0.25, 0.3) is 0 Å². The molecule has 0 aromatic heterocycles. The third kappa shape index (κ3) is 6.56. The summed E-state index contributed by atoms with van der Waals surface area (Å²) in [5, 5.41) is 13.4. The molecular formula is C23H31N3O3. The number of hydrogen-bond acceptors (Lipinski definition) is 5. The van der Waals surface area contributed by atoms with Crippen LogP contribution in [0, 0.1) is 13.8 Å². The normalized spacial score (nSPS) is 18.8. The third-order valence-corrected chi connectivity index (χ3v) is 4.94. The number of aliphatic hydroxyl groups is 1. The molecule has 1 saturated heterocycles. The molecule has 0 aliphatic carbocycles. The first-order valence-corrected chi connectivity index (χ1v) is 9.77. The predicted molar refractivity (Wildman–Crippen MR) is 115 cm³/mol. The molecule has 1 heterocycles. The van der Waals surface area contributed by atoms with Crippen molar-refractivity contribution in [3.63, 3.8) is 0 Å². The molecule has 29 heavy (non-hydrogen) atoms. The molecule has 0 bridgehead atoms. The van der Waals surface area contributed by atoms with Crippen LogP contribution < -0.4 is 10.1 Å². The van der Waals surface area contributed by atoms with Crippen LogP contribution in [0.4, 0.5) is 5.69 Å². The van der Waals surface area contributed by atoms with Crippen LogP contribution in [0.3, 0.4) is 0 Å². The van der Waals surface area contributed by atoms with Gasteiger partial charge in [-0.15, -0.1) is 0 Å². The fraction of sp³-hybridized carbons (Fsp3) is 0.435. The van der Waals surface area contributed by atoms with E-state index in [0.717, 1.165) is 16.8 Å². The zero-order valence-corrected chi connectivity index (χ0v) is 16.9. The van der Waals surface area contributed by atoms with Crippen LogP contribution in [-0.4, -0.2) is 72.8 Å². The van der Waals surface area contributed by atoms with E-state index in [9.17, 15) is 9.90 Å². The molecule has 6 nitrogen and oxygen atoms in total. The number of anilines is 1. The Morgan fingerprint density at radius 2 is 1.76 bits per heavy atom. The van der Waals surface area contributed by atoms with Gasteiger partial charge in [0.2, 0.25) is 5.91 Å². The minimum Gasteiger partial charge on any atom is -0.491 e. The van der Waals surface area contributed by atoms with Gasteiger partial charge in [-0.1, -0.05) is 36.3 Å². The number of nitrogens with one attached hydrogen (secondary N) is 1. The van der Waals surface area contributed by atoms with Crippen LogP contribution in [0.1, 0.15) is 18.0 Å².